The molecule has 12 heavy (non-hydrogen) atoms. The predicted molar refractivity (Wildman–Crippen MR) is 52.8 cm³/mol. The van der Waals surface area contributed by atoms with Gasteiger partial charge in [0.25, 0.3) is 0 Å². The zero-order chi connectivity index (χ0) is 9.40. The summed E-state index contributed by atoms with van der Waals surface area (Å²) in [4.78, 5) is 0. The molecule has 0 fully saturated rings. The Balaban J connectivity index is 3.32. The van der Waals surface area contributed by atoms with E-state index in [0.29, 0.717) is 5.92 Å². The Hall–Kier alpha value is -0.330. The molecule has 0 saturated heterocycles. The van der Waals surface area contributed by atoms with Gasteiger partial charge in [-0.15, -0.1) is 0 Å². The molecule has 0 heterocycles. The molecule has 0 aliphatic heterocycles. The van der Waals surface area contributed by atoms with Crippen LogP contribution in [0.25, 0.3) is 0 Å². The highest BCUT2D eigenvalue weighted by molar-refractivity contribution is 4.90. The second-order valence-electron chi connectivity index (χ2n) is 3.58. The third-order valence-electron chi connectivity index (χ3n) is 2.03. The maximum atomic E-state index is 12.4. The summed E-state index contributed by atoms with van der Waals surface area (Å²) in [5.74, 6) is 0.366. The molecule has 0 radical (unpaired) electrons. The molecular formula is C11H21F. The van der Waals surface area contributed by atoms with Crippen LogP contribution in [0.1, 0.15) is 52.9 Å². The monoisotopic (exact) mass is 172 g/mol. The molecule has 1 heteroatoms. The molecule has 0 aromatic heterocycles. The van der Waals surface area contributed by atoms with Gasteiger partial charge in [0.05, 0.1) is 5.83 Å². The van der Waals surface area contributed by atoms with E-state index in [4.69, 9.17) is 0 Å². The standard InChI is InChI=1S/C11H21F/c1-4-5-6-7-8-10(2)9-11(3)12/h9-10H,4-8H2,1-3H3/b11-9-. The first-order valence-corrected chi connectivity index (χ1v) is 5.00. The fraction of sp³-hybridized carbons (Fsp3) is 0.818. The van der Waals surface area contributed by atoms with Gasteiger partial charge in [-0.3, -0.25) is 0 Å². The summed E-state index contributed by atoms with van der Waals surface area (Å²) in [7, 11) is 0. The van der Waals surface area contributed by atoms with Gasteiger partial charge in [-0.05, 0) is 19.3 Å². The first-order chi connectivity index (χ1) is 5.66. The van der Waals surface area contributed by atoms with E-state index in [-0.39, 0.29) is 5.83 Å². The lowest BCUT2D eigenvalue weighted by Crippen LogP contribution is -1.90. The van der Waals surface area contributed by atoms with Gasteiger partial charge in [-0.2, -0.15) is 0 Å². The maximum Gasteiger partial charge on any atom is 0.0931 e. The van der Waals surface area contributed by atoms with E-state index in [1.807, 2.05) is 0 Å². The highest BCUT2D eigenvalue weighted by Crippen LogP contribution is 2.13. The maximum absolute atomic E-state index is 12.4. The molecule has 0 amide bonds. The van der Waals surface area contributed by atoms with Gasteiger partial charge in [0.2, 0.25) is 0 Å². The summed E-state index contributed by atoms with van der Waals surface area (Å²) in [6, 6.07) is 0. The van der Waals surface area contributed by atoms with Crippen LogP contribution >= 0.6 is 0 Å². The highest BCUT2D eigenvalue weighted by atomic mass is 19.1. The largest absolute Gasteiger partial charge is 0.212 e. The van der Waals surface area contributed by atoms with E-state index in [1.54, 1.807) is 6.08 Å². The zero-order valence-electron chi connectivity index (χ0n) is 8.57. The summed E-state index contributed by atoms with van der Waals surface area (Å²) in [5.41, 5.74) is 0. The zero-order valence-corrected chi connectivity index (χ0v) is 8.57. The van der Waals surface area contributed by atoms with Crippen LogP contribution in [0.15, 0.2) is 11.9 Å². The molecule has 0 bridgehead atoms. The van der Waals surface area contributed by atoms with Crippen LogP contribution in [0.3, 0.4) is 0 Å². The fourth-order valence-electron chi connectivity index (χ4n) is 1.37. The molecule has 0 aromatic rings. The van der Waals surface area contributed by atoms with Gasteiger partial charge < -0.3 is 0 Å². The van der Waals surface area contributed by atoms with Gasteiger partial charge in [-0.1, -0.05) is 45.6 Å². The Morgan fingerprint density at radius 3 is 2.50 bits per heavy atom. The van der Waals surface area contributed by atoms with E-state index in [9.17, 15) is 4.39 Å². The van der Waals surface area contributed by atoms with Crippen LogP contribution in [-0.4, -0.2) is 0 Å². The van der Waals surface area contributed by atoms with Crippen LogP contribution in [0.5, 0.6) is 0 Å². The number of allylic oxidation sites excluding steroid dienone is 2. The Bertz CT molecular complexity index is 123. The van der Waals surface area contributed by atoms with Crippen molar-refractivity contribution in [1.82, 2.24) is 0 Å². The second-order valence-corrected chi connectivity index (χ2v) is 3.58. The van der Waals surface area contributed by atoms with Crippen molar-refractivity contribution in [2.24, 2.45) is 5.92 Å². The minimum absolute atomic E-state index is 0.0435. The van der Waals surface area contributed by atoms with E-state index in [0.717, 1.165) is 6.42 Å². The Kier molecular flexibility index (Phi) is 7.12. The number of unbranched alkanes of at least 4 members (excludes halogenated alkanes) is 3. The molecule has 72 valence electrons. The third-order valence-corrected chi connectivity index (χ3v) is 2.03. The fourth-order valence-corrected chi connectivity index (χ4v) is 1.37. The average molecular weight is 172 g/mol. The molecular weight excluding hydrogens is 151 g/mol. The van der Waals surface area contributed by atoms with Crippen molar-refractivity contribution in [3.8, 4) is 0 Å². The quantitative estimate of drug-likeness (QED) is 0.519. The first-order valence-electron chi connectivity index (χ1n) is 5.00. The molecule has 1 atom stereocenters. The Morgan fingerprint density at radius 2 is 2.00 bits per heavy atom. The van der Waals surface area contributed by atoms with Crippen molar-refractivity contribution in [3.63, 3.8) is 0 Å². The Morgan fingerprint density at radius 1 is 1.33 bits per heavy atom. The lowest BCUT2D eigenvalue weighted by atomic mass is 10.0. The van der Waals surface area contributed by atoms with Crippen molar-refractivity contribution in [2.75, 3.05) is 0 Å². The SMILES string of the molecule is CCCCCCC(C)/C=C(/C)F. The molecule has 0 aliphatic rings. The lowest BCUT2D eigenvalue weighted by Gasteiger charge is -2.04. The smallest absolute Gasteiger partial charge is 0.0931 e. The molecule has 0 saturated carbocycles. The van der Waals surface area contributed by atoms with Gasteiger partial charge in [0.15, 0.2) is 0 Å². The molecule has 0 aromatic carbocycles. The van der Waals surface area contributed by atoms with E-state index < -0.39 is 0 Å². The Labute approximate surface area is 75.9 Å². The summed E-state index contributed by atoms with van der Waals surface area (Å²) < 4.78 is 12.4. The van der Waals surface area contributed by atoms with Crippen LogP contribution in [0, 0.1) is 5.92 Å². The molecule has 1 unspecified atom stereocenters. The molecule has 0 rings (SSSR count). The van der Waals surface area contributed by atoms with E-state index in [2.05, 4.69) is 13.8 Å². The van der Waals surface area contributed by atoms with Gasteiger partial charge in [-0.25, -0.2) is 4.39 Å². The number of rotatable bonds is 6. The summed E-state index contributed by atoms with van der Waals surface area (Å²) in [6.07, 6.45) is 7.95. The van der Waals surface area contributed by atoms with Crippen molar-refractivity contribution in [3.05, 3.63) is 11.9 Å². The predicted octanol–water partition coefficient (Wildman–Crippen LogP) is 4.47. The van der Waals surface area contributed by atoms with Crippen LogP contribution in [0.2, 0.25) is 0 Å². The van der Waals surface area contributed by atoms with Crippen molar-refractivity contribution in [2.45, 2.75) is 52.9 Å². The van der Waals surface area contributed by atoms with Gasteiger partial charge in [0, 0.05) is 0 Å². The molecule has 0 aliphatic carbocycles. The van der Waals surface area contributed by atoms with Crippen molar-refractivity contribution >= 4 is 0 Å². The van der Waals surface area contributed by atoms with E-state index >= 15 is 0 Å². The average Bonchev–Trinajstić information content (AvgIpc) is 1.97. The van der Waals surface area contributed by atoms with Gasteiger partial charge >= 0.3 is 0 Å². The normalized spacial score (nSPS) is 14.8. The summed E-state index contributed by atoms with van der Waals surface area (Å²) in [5, 5.41) is 0. The minimum atomic E-state index is -0.0435. The number of hydrogen-bond acceptors (Lipinski definition) is 0. The van der Waals surface area contributed by atoms with E-state index in [1.165, 1.54) is 32.6 Å². The van der Waals surface area contributed by atoms with Crippen molar-refractivity contribution in [1.29, 1.82) is 0 Å². The summed E-state index contributed by atoms with van der Waals surface area (Å²) in [6.45, 7) is 5.80. The van der Waals surface area contributed by atoms with Crippen LogP contribution in [0.4, 0.5) is 4.39 Å². The highest BCUT2D eigenvalue weighted by Gasteiger charge is 1.98. The second kappa shape index (κ2) is 7.33. The summed E-state index contributed by atoms with van der Waals surface area (Å²) >= 11 is 0. The third kappa shape index (κ3) is 7.77. The van der Waals surface area contributed by atoms with Crippen LogP contribution < -0.4 is 0 Å². The van der Waals surface area contributed by atoms with Crippen LogP contribution in [-0.2, 0) is 0 Å². The molecule has 0 N–H and O–H groups in total. The van der Waals surface area contributed by atoms with Gasteiger partial charge in [0.1, 0.15) is 0 Å². The number of halogens is 1. The topological polar surface area (TPSA) is 0 Å². The molecule has 0 spiro atoms. The minimum Gasteiger partial charge on any atom is -0.212 e. The molecule has 0 nitrogen and oxygen atoms in total. The van der Waals surface area contributed by atoms with Crippen molar-refractivity contribution < 1.29 is 4.39 Å². The first kappa shape index (κ1) is 11.7. The number of hydrogen-bond donors (Lipinski definition) is 0. The lowest BCUT2D eigenvalue weighted by molar-refractivity contribution is 0.542.